The molecule has 0 aliphatic heterocycles. The van der Waals surface area contributed by atoms with Crippen molar-refractivity contribution in [3.63, 3.8) is 0 Å². The monoisotopic (exact) mass is 450 g/mol. The second kappa shape index (κ2) is 7.89. The summed E-state index contributed by atoms with van der Waals surface area (Å²) >= 11 is 6.42. The number of sulfonamides is 1. The Morgan fingerprint density at radius 3 is 1.91 bits per heavy atom. The van der Waals surface area contributed by atoms with E-state index < -0.39 is 10.0 Å². The van der Waals surface area contributed by atoms with Gasteiger partial charge >= 0.3 is 0 Å². The van der Waals surface area contributed by atoms with E-state index in [9.17, 15) is 8.42 Å². The molecular weight excluding hydrogens is 436 g/mol. The van der Waals surface area contributed by atoms with Crippen LogP contribution in [0.15, 0.2) is 33.5 Å². The van der Waals surface area contributed by atoms with Crippen molar-refractivity contribution in [2.24, 2.45) is 0 Å². The molecule has 0 unspecified atom stereocenters. The van der Waals surface area contributed by atoms with Gasteiger partial charge in [0.1, 0.15) is 9.21 Å². The van der Waals surface area contributed by atoms with Crippen molar-refractivity contribution in [3.05, 3.63) is 44.9 Å². The van der Waals surface area contributed by atoms with Crippen molar-refractivity contribution in [3.8, 4) is 0 Å². The van der Waals surface area contributed by atoms with E-state index in [1.54, 1.807) is 19.1 Å². The third-order valence-corrected chi connectivity index (χ3v) is 3.91. The van der Waals surface area contributed by atoms with E-state index >= 15 is 0 Å². The number of nitrogen functional groups attached to an aromatic ring is 1. The summed E-state index contributed by atoms with van der Waals surface area (Å²) in [5.74, 6) is 0. The molecule has 6 nitrogen and oxygen atoms in total. The minimum absolute atomic E-state index is 0.505. The van der Waals surface area contributed by atoms with Gasteiger partial charge in [-0.2, -0.15) is 0 Å². The normalized spacial score (nSPS) is 10.6. The number of aryl methyl sites for hydroxylation is 2. The minimum Gasteiger partial charge on any atom is -0.397 e. The van der Waals surface area contributed by atoms with Gasteiger partial charge < -0.3 is 5.73 Å². The fourth-order valence-corrected chi connectivity index (χ4v) is 2.79. The summed E-state index contributed by atoms with van der Waals surface area (Å²) in [5.41, 5.74) is 8.25. The van der Waals surface area contributed by atoms with Crippen LogP contribution in [-0.4, -0.2) is 24.6 Å². The summed E-state index contributed by atoms with van der Waals surface area (Å²) in [7, 11) is -3.22. The lowest BCUT2D eigenvalue weighted by Gasteiger charge is -2.06. The number of hydrogen-bond acceptors (Lipinski definition) is 5. The van der Waals surface area contributed by atoms with Crippen LogP contribution in [0.3, 0.4) is 0 Å². The number of rotatable bonds is 2. The fraction of sp³-hybridized carbons (Fsp3) is 0.231. The Morgan fingerprint density at radius 1 is 1.00 bits per heavy atom. The highest BCUT2D eigenvalue weighted by atomic mass is 79.9. The summed E-state index contributed by atoms with van der Waals surface area (Å²) in [6.45, 7) is 3.61. The molecule has 0 aromatic carbocycles. The summed E-state index contributed by atoms with van der Waals surface area (Å²) in [4.78, 5) is 8.11. The highest BCUT2D eigenvalue weighted by Gasteiger charge is 2.05. The summed E-state index contributed by atoms with van der Waals surface area (Å²) in [6, 6.07) is 6.99. The Labute approximate surface area is 146 Å². The van der Waals surface area contributed by atoms with Crippen molar-refractivity contribution in [1.82, 2.24) is 9.97 Å². The van der Waals surface area contributed by atoms with Crippen molar-refractivity contribution in [2.45, 2.75) is 13.8 Å². The quantitative estimate of drug-likeness (QED) is 0.682. The first kappa shape index (κ1) is 18.9. The van der Waals surface area contributed by atoms with E-state index in [-0.39, 0.29) is 0 Å². The predicted octanol–water partition coefficient (Wildman–Crippen LogP) is 3.26. The first-order valence-corrected chi connectivity index (χ1v) is 9.56. The van der Waals surface area contributed by atoms with Gasteiger partial charge in [0.2, 0.25) is 10.0 Å². The van der Waals surface area contributed by atoms with Crippen LogP contribution >= 0.6 is 31.9 Å². The van der Waals surface area contributed by atoms with Gasteiger partial charge in [0.25, 0.3) is 0 Å². The molecule has 0 saturated heterocycles. The molecule has 2 rings (SSSR count). The van der Waals surface area contributed by atoms with E-state index in [4.69, 9.17) is 5.73 Å². The Balaban J connectivity index is 0.000000235. The topological polar surface area (TPSA) is 98.0 Å². The first-order valence-electron chi connectivity index (χ1n) is 6.08. The highest BCUT2D eigenvalue weighted by Crippen LogP contribution is 2.16. The second-order valence-electron chi connectivity index (χ2n) is 4.45. The zero-order valence-electron chi connectivity index (χ0n) is 12.3. The molecule has 0 fully saturated rings. The number of nitrogens with zero attached hydrogens (tertiary/aromatic N) is 2. The lowest BCUT2D eigenvalue weighted by atomic mass is 10.3. The molecule has 0 bridgehead atoms. The van der Waals surface area contributed by atoms with E-state index in [0.717, 1.165) is 22.2 Å². The Bertz CT molecular complexity index is 767. The SMILES string of the molecule is Cc1nc(Br)ccc1N.Cc1nc(Br)ccc1NS(C)(=O)=O. The number of nitrogens with one attached hydrogen (secondary N) is 1. The number of anilines is 2. The van der Waals surface area contributed by atoms with Crippen LogP contribution in [0, 0.1) is 13.8 Å². The van der Waals surface area contributed by atoms with Crippen LogP contribution < -0.4 is 10.5 Å². The van der Waals surface area contributed by atoms with Gasteiger partial charge in [-0.15, -0.1) is 0 Å². The van der Waals surface area contributed by atoms with Gasteiger partial charge in [0.05, 0.1) is 29.0 Å². The van der Waals surface area contributed by atoms with Crippen LogP contribution in [0.4, 0.5) is 11.4 Å². The Hall–Kier alpha value is -1.19. The molecule has 0 radical (unpaired) electrons. The lowest BCUT2D eigenvalue weighted by molar-refractivity contribution is 0.606. The average Bonchev–Trinajstić information content (AvgIpc) is 2.37. The smallest absolute Gasteiger partial charge is 0.229 e. The van der Waals surface area contributed by atoms with Crippen LogP contribution in [0.1, 0.15) is 11.4 Å². The highest BCUT2D eigenvalue weighted by molar-refractivity contribution is 9.10. The van der Waals surface area contributed by atoms with Gasteiger partial charge in [-0.25, -0.2) is 18.4 Å². The molecule has 3 N–H and O–H groups in total. The molecule has 0 aliphatic rings. The summed E-state index contributed by atoms with van der Waals surface area (Å²) in [5, 5.41) is 0. The van der Waals surface area contributed by atoms with Crippen LogP contribution in [0.25, 0.3) is 0 Å². The van der Waals surface area contributed by atoms with Crippen molar-refractivity contribution >= 4 is 53.3 Å². The number of aromatic nitrogens is 2. The van der Waals surface area contributed by atoms with E-state index in [2.05, 4.69) is 46.5 Å². The maximum atomic E-state index is 10.9. The van der Waals surface area contributed by atoms with Gasteiger partial charge in [-0.3, -0.25) is 4.72 Å². The number of pyridine rings is 2. The maximum absolute atomic E-state index is 10.9. The Kier molecular flexibility index (Phi) is 6.76. The number of hydrogen-bond donors (Lipinski definition) is 2. The van der Waals surface area contributed by atoms with E-state index in [0.29, 0.717) is 16.0 Å². The van der Waals surface area contributed by atoms with Gasteiger partial charge in [0.15, 0.2) is 0 Å². The number of nitrogens with two attached hydrogens (primary N) is 1. The first-order chi connectivity index (χ1) is 10.1. The van der Waals surface area contributed by atoms with Crippen molar-refractivity contribution in [2.75, 3.05) is 16.7 Å². The molecule has 2 aromatic rings. The van der Waals surface area contributed by atoms with Crippen LogP contribution in [0.2, 0.25) is 0 Å². The molecule has 0 spiro atoms. The molecule has 2 aromatic heterocycles. The standard InChI is InChI=1S/C7H9BrN2O2S.C6H7BrN2/c1-5-6(10-13(2,11)12)3-4-7(8)9-5;1-4-5(8)2-3-6(7)9-4/h3-4,10H,1-2H3;2-3H,8H2,1H3. The van der Waals surface area contributed by atoms with Crippen LogP contribution in [-0.2, 0) is 10.0 Å². The predicted molar refractivity (Wildman–Crippen MR) is 96.2 cm³/mol. The van der Waals surface area contributed by atoms with Gasteiger partial charge in [-0.05, 0) is 70.0 Å². The third kappa shape index (κ3) is 6.71. The summed E-state index contributed by atoms with van der Waals surface area (Å²) in [6.07, 6.45) is 1.11. The molecule has 120 valence electrons. The maximum Gasteiger partial charge on any atom is 0.229 e. The molecule has 22 heavy (non-hydrogen) atoms. The average molecular weight is 452 g/mol. The number of halogens is 2. The Morgan fingerprint density at radius 2 is 1.50 bits per heavy atom. The molecule has 2 heterocycles. The zero-order valence-corrected chi connectivity index (χ0v) is 16.3. The molecule has 0 amide bonds. The lowest BCUT2D eigenvalue weighted by Crippen LogP contribution is -2.11. The molecule has 0 atom stereocenters. The van der Waals surface area contributed by atoms with Crippen molar-refractivity contribution in [1.29, 1.82) is 0 Å². The largest absolute Gasteiger partial charge is 0.397 e. The third-order valence-electron chi connectivity index (χ3n) is 2.44. The summed E-state index contributed by atoms with van der Waals surface area (Å²) < 4.78 is 25.7. The van der Waals surface area contributed by atoms with Crippen LogP contribution in [0.5, 0.6) is 0 Å². The molecular formula is C13H16Br2N4O2S. The second-order valence-corrected chi connectivity index (χ2v) is 7.82. The zero-order chi connectivity index (χ0) is 16.9. The molecule has 0 saturated carbocycles. The fourth-order valence-electron chi connectivity index (χ4n) is 1.38. The van der Waals surface area contributed by atoms with E-state index in [1.807, 2.05) is 19.1 Å². The van der Waals surface area contributed by atoms with Gasteiger partial charge in [-0.1, -0.05) is 0 Å². The molecule has 0 aliphatic carbocycles. The van der Waals surface area contributed by atoms with Gasteiger partial charge in [0, 0.05) is 0 Å². The minimum atomic E-state index is -3.22. The van der Waals surface area contributed by atoms with E-state index in [1.165, 1.54) is 0 Å². The van der Waals surface area contributed by atoms with Crippen molar-refractivity contribution < 1.29 is 8.42 Å². The molecule has 9 heteroatoms.